The van der Waals surface area contributed by atoms with E-state index in [1.165, 1.54) is 44.5 Å². The van der Waals surface area contributed by atoms with E-state index in [0.29, 0.717) is 52.8 Å². The van der Waals surface area contributed by atoms with Gasteiger partial charge in [0.15, 0.2) is 6.61 Å². The van der Waals surface area contributed by atoms with Gasteiger partial charge in [0.2, 0.25) is 0 Å². The zero-order valence-corrected chi connectivity index (χ0v) is 52.2. The Balaban J connectivity index is 0.000000161. The standard InChI is InChI=1S/C19H20N2O2.C19H27NO.C16H21ClN4.C14H21ClN2O2/c1-2-3-14-17-18(22)20(15-10-6-4-7-11-15)21(19(17)23)16-12-8-5-9-13-16;1-13(2)7-9-20-10-8-19(4)14(3)18(20)11-15-5-6-16(21)12-17(15)19;1-13-11-15(19-18-13)5-6-20-7-9-21(10-8-20)16-4-2-3-14(17)12-16;1-3-17(4-2)10-9-16-14(18)11-19-13-7-5-12(15)6-8-13/h4-13,17H,2-3,14H2,1H3;5-7,12,14,18,21H,8-11H2,1-4H3;2-4,11-12H,5-10H2,1H3,(H,18,19);5-8H,3-4,9-11H2,1-2H3,(H,16,18)/t;14-,18+,19+;;/m.0../s1. The van der Waals surface area contributed by atoms with Gasteiger partial charge in [0.05, 0.1) is 17.1 Å². The van der Waals surface area contributed by atoms with Crippen LogP contribution in [0.1, 0.15) is 96.7 Å². The van der Waals surface area contributed by atoms with Crippen molar-refractivity contribution in [2.45, 2.75) is 105 Å². The molecular formula is C68H89Cl2N9O5. The van der Waals surface area contributed by atoms with E-state index < -0.39 is 5.92 Å². The lowest BCUT2D eigenvalue weighted by molar-refractivity contribution is -0.127. The summed E-state index contributed by atoms with van der Waals surface area (Å²) in [7, 11) is 0. The van der Waals surface area contributed by atoms with Crippen LogP contribution in [0.2, 0.25) is 10.0 Å². The van der Waals surface area contributed by atoms with Crippen molar-refractivity contribution in [1.29, 1.82) is 0 Å². The van der Waals surface area contributed by atoms with Gasteiger partial charge >= 0.3 is 0 Å². The van der Waals surface area contributed by atoms with Gasteiger partial charge in [0.1, 0.15) is 17.4 Å². The number of para-hydroxylation sites is 2. The lowest BCUT2D eigenvalue weighted by Crippen LogP contribution is -2.57. The van der Waals surface area contributed by atoms with Crippen molar-refractivity contribution in [2.24, 2.45) is 11.8 Å². The molecule has 3 amide bonds. The average molecular weight is 1180 g/mol. The van der Waals surface area contributed by atoms with Crippen molar-refractivity contribution in [3.63, 3.8) is 0 Å². The number of benzene rings is 5. The topological polar surface area (TPSA) is 141 Å². The number of carbonyl (C=O) groups excluding carboxylic acids is 3. The Morgan fingerprint density at radius 3 is 2.04 bits per heavy atom. The second-order valence-electron chi connectivity index (χ2n) is 22.7. The Kier molecular flexibility index (Phi) is 24.7. The number of piperazine rings is 1. The monoisotopic (exact) mass is 1180 g/mol. The Morgan fingerprint density at radius 2 is 1.45 bits per heavy atom. The van der Waals surface area contributed by atoms with E-state index in [1.54, 1.807) is 24.3 Å². The highest BCUT2D eigenvalue weighted by Gasteiger charge is 2.49. The minimum absolute atomic E-state index is 0.0277. The highest BCUT2D eigenvalue weighted by atomic mass is 35.5. The SMILES string of the molecule is CC(C)=CCN1CC[C@@]2(C)c3cc(O)ccc3C[C@@H]1[C@@H]2C.CCCCC1C(=O)N(c2ccccc2)N(c2ccccc2)C1=O.CCN(CC)CCNC(=O)COc1ccc(Cl)cc1.Cc1cc(CCN2CCN(c3cccc(Cl)c3)CC2)[nH]n1. The number of anilines is 3. The summed E-state index contributed by atoms with van der Waals surface area (Å²) in [6, 6.07) is 42.5. The third-order valence-electron chi connectivity index (χ3n) is 16.7. The first-order chi connectivity index (χ1) is 40.5. The molecule has 4 aliphatic rings. The number of aryl methyl sites for hydroxylation is 1. The van der Waals surface area contributed by atoms with Crippen molar-refractivity contribution in [1.82, 2.24) is 30.2 Å². The van der Waals surface area contributed by atoms with Crippen molar-refractivity contribution in [2.75, 3.05) is 93.5 Å². The molecular weight excluding hydrogens is 1090 g/mol. The average Bonchev–Trinajstić information content (AvgIpc) is 0.872. The van der Waals surface area contributed by atoms with E-state index in [0.717, 1.165) is 102 Å². The third-order valence-corrected chi connectivity index (χ3v) is 17.2. The number of aromatic amines is 1. The van der Waals surface area contributed by atoms with Crippen molar-refractivity contribution in [3.8, 4) is 11.5 Å². The molecule has 0 saturated carbocycles. The molecule has 3 aliphatic heterocycles. The molecule has 6 aromatic rings. The fourth-order valence-corrected chi connectivity index (χ4v) is 11.8. The van der Waals surface area contributed by atoms with E-state index in [1.807, 2.05) is 97.9 Å². The second kappa shape index (κ2) is 32.0. The van der Waals surface area contributed by atoms with Crippen LogP contribution in [0, 0.1) is 18.8 Å². The number of hydrazine groups is 1. The maximum Gasteiger partial charge on any atom is 0.258 e. The number of carbonyl (C=O) groups is 3. The number of likely N-dealkylation sites (tertiary alicyclic amines) is 1. The molecule has 3 saturated heterocycles. The molecule has 5 aromatic carbocycles. The number of allylic oxidation sites excluding steroid dienone is 1. The summed E-state index contributed by atoms with van der Waals surface area (Å²) < 4.78 is 5.35. The first-order valence-electron chi connectivity index (χ1n) is 30.1. The lowest BCUT2D eigenvalue weighted by atomic mass is 9.59. The Labute approximate surface area is 509 Å². The van der Waals surface area contributed by atoms with Gasteiger partial charge in [-0.05, 0) is 167 Å². The summed E-state index contributed by atoms with van der Waals surface area (Å²) in [5.41, 5.74) is 9.37. The van der Waals surface area contributed by atoms with E-state index >= 15 is 0 Å². The van der Waals surface area contributed by atoms with E-state index in [-0.39, 0.29) is 29.7 Å². The molecule has 1 aromatic heterocycles. The molecule has 2 bridgehead atoms. The van der Waals surface area contributed by atoms with Crippen molar-refractivity contribution < 1.29 is 24.2 Å². The lowest BCUT2D eigenvalue weighted by Gasteiger charge is -2.54. The second-order valence-corrected chi connectivity index (χ2v) is 23.6. The van der Waals surface area contributed by atoms with Gasteiger partial charge in [0.25, 0.3) is 17.7 Å². The summed E-state index contributed by atoms with van der Waals surface area (Å²) in [4.78, 5) is 47.1. The number of rotatable bonds is 19. The molecule has 3 fully saturated rings. The van der Waals surface area contributed by atoms with Crippen molar-refractivity contribution >= 4 is 58.0 Å². The summed E-state index contributed by atoms with van der Waals surface area (Å²) in [5.74, 6) is 0.705. The van der Waals surface area contributed by atoms with Gasteiger partial charge in [0, 0.05) is 86.2 Å². The zero-order chi connectivity index (χ0) is 60.2. The molecule has 3 atom stereocenters. The summed E-state index contributed by atoms with van der Waals surface area (Å²) in [6.45, 7) is 28.6. The number of nitrogens with zero attached hydrogens (tertiary/aromatic N) is 7. The predicted molar refractivity (Wildman–Crippen MR) is 343 cm³/mol. The fraction of sp³-hybridized carbons (Fsp3) is 0.441. The van der Waals surface area contributed by atoms with Crippen LogP contribution in [0.3, 0.4) is 0 Å². The number of halogens is 2. The predicted octanol–water partition coefficient (Wildman–Crippen LogP) is 12.6. The molecule has 3 N–H and O–H groups in total. The number of likely N-dealkylation sites (N-methyl/N-ethyl adjacent to an activating group) is 1. The number of piperidine rings is 1. The van der Waals surface area contributed by atoms with Crippen LogP contribution in [0.25, 0.3) is 0 Å². The van der Waals surface area contributed by atoms with Gasteiger partial charge in [-0.3, -0.25) is 29.3 Å². The zero-order valence-electron chi connectivity index (χ0n) is 50.7. The molecule has 10 rings (SSSR count). The number of unbranched alkanes of at least 4 members (excludes halogenated alkanes) is 1. The number of aromatic hydroxyl groups is 1. The first kappa shape index (κ1) is 64.9. The van der Waals surface area contributed by atoms with Crippen LogP contribution in [0.4, 0.5) is 17.1 Å². The van der Waals surface area contributed by atoms with Crippen LogP contribution in [0.5, 0.6) is 11.5 Å². The largest absolute Gasteiger partial charge is 0.508 e. The van der Waals surface area contributed by atoms with Crippen molar-refractivity contribution in [3.05, 3.63) is 178 Å². The maximum absolute atomic E-state index is 12.9. The quantitative estimate of drug-likeness (QED) is 0.0530. The van der Waals surface area contributed by atoms with E-state index in [2.05, 4.69) is 108 Å². The molecule has 16 heteroatoms. The molecule has 84 heavy (non-hydrogen) atoms. The smallest absolute Gasteiger partial charge is 0.258 e. The van der Waals surface area contributed by atoms with Gasteiger partial charge in [-0.15, -0.1) is 0 Å². The molecule has 0 spiro atoms. The van der Waals surface area contributed by atoms with E-state index in [9.17, 15) is 19.5 Å². The van der Waals surface area contributed by atoms with Gasteiger partial charge < -0.3 is 25.0 Å². The number of hydrogen-bond acceptors (Lipinski definition) is 10. The number of phenolic OH excluding ortho intramolecular Hbond substituents is 1. The minimum Gasteiger partial charge on any atom is -0.508 e. The number of fused-ring (bicyclic) bond motifs is 4. The van der Waals surface area contributed by atoms with Crippen LogP contribution < -0.4 is 25.0 Å². The Morgan fingerprint density at radius 1 is 0.810 bits per heavy atom. The number of aromatic nitrogens is 2. The summed E-state index contributed by atoms with van der Waals surface area (Å²) in [6.07, 6.45) is 8.11. The van der Waals surface area contributed by atoms with Gasteiger partial charge in [-0.2, -0.15) is 5.10 Å². The molecule has 14 nitrogen and oxygen atoms in total. The van der Waals surface area contributed by atoms with E-state index in [4.69, 9.17) is 27.9 Å². The van der Waals surface area contributed by atoms with Crippen LogP contribution >= 0.6 is 23.2 Å². The number of hydrogen-bond donors (Lipinski definition) is 3. The number of H-pyrrole nitrogens is 1. The minimum atomic E-state index is -0.588. The summed E-state index contributed by atoms with van der Waals surface area (Å²) >= 11 is 11.8. The normalized spacial score (nSPS) is 18.6. The fourth-order valence-electron chi connectivity index (χ4n) is 11.5. The van der Waals surface area contributed by atoms with Crippen LogP contribution in [0.15, 0.2) is 145 Å². The number of amides is 3. The van der Waals surface area contributed by atoms with Crippen LogP contribution in [-0.4, -0.2) is 132 Å². The highest BCUT2D eigenvalue weighted by Crippen LogP contribution is 2.49. The number of phenols is 1. The maximum atomic E-state index is 12.9. The first-order valence-corrected chi connectivity index (χ1v) is 30.9. The molecule has 4 heterocycles. The highest BCUT2D eigenvalue weighted by molar-refractivity contribution is 6.31. The van der Waals surface area contributed by atoms with Gasteiger partial charge in [-0.25, -0.2) is 10.0 Å². The molecule has 0 radical (unpaired) electrons. The van der Waals surface area contributed by atoms with Gasteiger partial charge in [-0.1, -0.05) is 131 Å². The molecule has 450 valence electrons. The Bertz CT molecular complexity index is 2980. The molecule has 1 aliphatic carbocycles. The Hall–Kier alpha value is -6.68. The summed E-state index contributed by atoms with van der Waals surface area (Å²) in [5, 5.41) is 24.4. The number of nitrogens with one attached hydrogen (secondary N) is 2. The van der Waals surface area contributed by atoms with Crippen LogP contribution in [-0.2, 0) is 32.6 Å². The third kappa shape index (κ3) is 17.9. The number of ether oxygens (including phenoxy) is 1. The molecule has 0 unspecified atom stereocenters.